The zero-order valence-corrected chi connectivity index (χ0v) is 18.7. The molecule has 4 aromatic rings. The van der Waals surface area contributed by atoms with Gasteiger partial charge in [-0.2, -0.15) is 0 Å². The fourth-order valence-corrected chi connectivity index (χ4v) is 5.05. The van der Waals surface area contributed by atoms with Crippen LogP contribution in [0.5, 0.6) is 0 Å². The molecule has 0 radical (unpaired) electrons. The SMILES string of the molecule is CS(=O)(=O)N1CCC(c2ccc(Nc3nc(-c4cncnc4)cc4cc[nH]c(=O)c34)cc2)C1. The molecule has 1 fully saturated rings. The van der Waals surface area contributed by atoms with Gasteiger partial charge in [0.2, 0.25) is 10.0 Å². The number of hydrogen-bond acceptors (Lipinski definition) is 7. The number of anilines is 2. The van der Waals surface area contributed by atoms with Crippen LogP contribution in [0.3, 0.4) is 0 Å². The molecule has 1 aromatic carbocycles. The Hall–Kier alpha value is -3.63. The van der Waals surface area contributed by atoms with E-state index in [2.05, 4.69) is 25.3 Å². The van der Waals surface area contributed by atoms with Crippen LogP contribution in [0.25, 0.3) is 22.0 Å². The fourth-order valence-electron chi connectivity index (χ4n) is 4.16. The molecule has 3 aromatic heterocycles. The van der Waals surface area contributed by atoms with Gasteiger partial charge in [-0.1, -0.05) is 12.1 Å². The first kappa shape index (κ1) is 21.2. The van der Waals surface area contributed by atoms with E-state index >= 15 is 0 Å². The standard InChI is InChI=1S/C23H22N6O3S/c1-33(31,32)29-9-7-17(13-29)15-2-4-19(5-3-15)27-22-21-16(6-8-26-23(21)30)10-20(28-22)18-11-24-14-25-12-18/h2-6,8,10-12,14,17H,7,9,13H2,1H3,(H,26,30)(H,27,28). The zero-order chi connectivity index (χ0) is 23.0. The van der Waals surface area contributed by atoms with Gasteiger partial charge in [-0.05, 0) is 47.6 Å². The molecular formula is C23H22N6O3S. The second-order valence-electron chi connectivity index (χ2n) is 8.11. The van der Waals surface area contributed by atoms with Gasteiger partial charge in [-0.3, -0.25) is 4.79 Å². The normalized spacial score (nSPS) is 16.8. The summed E-state index contributed by atoms with van der Waals surface area (Å²) < 4.78 is 25.1. The first-order valence-electron chi connectivity index (χ1n) is 10.5. The Morgan fingerprint density at radius 3 is 2.58 bits per heavy atom. The van der Waals surface area contributed by atoms with Gasteiger partial charge >= 0.3 is 0 Å². The predicted molar refractivity (Wildman–Crippen MR) is 127 cm³/mol. The van der Waals surface area contributed by atoms with Crippen molar-refractivity contribution in [1.82, 2.24) is 24.2 Å². The predicted octanol–water partition coefficient (Wildman–Crippen LogP) is 2.87. The minimum absolute atomic E-state index is 0.164. The number of aromatic nitrogens is 4. The number of pyridine rings is 2. The summed E-state index contributed by atoms with van der Waals surface area (Å²) in [6, 6.07) is 11.5. The number of sulfonamides is 1. The molecule has 0 aliphatic carbocycles. The van der Waals surface area contributed by atoms with Crippen LogP contribution in [-0.4, -0.2) is 52.0 Å². The van der Waals surface area contributed by atoms with Crippen LogP contribution in [0.15, 0.2) is 66.1 Å². The van der Waals surface area contributed by atoms with Gasteiger partial charge in [-0.25, -0.2) is 27.7 Å². The molecule has 1 aliphatic rings. The molecule has 1 saturated heterocycles. The minimum Gasteiger partial charge on any atom is -0.340 e. The van der Waals surface area contributed by atoms with Crippen molar-refractivity contribution in [3.05, 3.63) is 77.2 Å². The van der Waals surface area contributed by atoms with Crippen LogP contribution in [0.1, 0.15) is 17.9 Å². The highest BCUT2D eigenvalue weighted by atomic mass is 32.2. The molecule has 4 heterocycles. The third-order valence-corrected chi connectivity index (χ3v) is 7.15. The number of benzene rings is 1. The van der Waals surface area contributed by atoms with Crippen LogP contribution in [0.4, 0.5) is 11.5 Å². The molecule has 1 unspecified atom stereocenters. The number of fused-ring (bicyclic) bond motifs is 1. The molecule has 10 heteroatoms. The molecule has 33 heavy (non-hydrogen) atoms. The lowest BCUT2D eigenvalue weighted by molar-refractivity contribution is 0.478. The molecule has 168 valence electrons. The summed E-state index contributed by atoms with van der Waals surface area (Å²) in [6.45, 7) is 1.03. The van der Waals surface area contributed by atoms with Crippen molar-refractivity contribution in [3.63, 3.8) is 0 Å². The van der Waals surface area contributed by atoms with Crippen LogP contribution in [-0.2, 0) is 10.0 Å². The average Bonchev–Trinajstić information content (AvgIpc) is 3.31. The summed E-state index contributed by atoms with van der Waals surface area (Å²) in [5.41, 5.74) is 3.02. The molecule has 5 rings (SSSR count). The smallest absolute Gasteiger partial charge is 0.259 e. The topological polar surface area (TPSA) is 121 Å². The number of nitrogens with one attached hydrogen (secondary N) is 2. The lowest BCUT2D eigenvalue weighted by atomic mass is 9.98. The maximum absolute atomic E-state index is 12.6. The molecule has 2 N–H and O–H groups in total. The first-order chi connectivity index (χ1) is 15.9. The van der Waals surface area contributed by atoms with E-state index in [4.69, 9.17) is 0 Å². The van der Waals surface area contributed by atoms with Crippen molar-refractivity contribution < 1.29 is 8.42 Å². The van der Waals surface area contributed by atoms with Gasteiger partial charge in [0.05, 0.1) is 17.3 Å². The lowest BCUT2D eigenvalue weighted by Crippen LogP contribution is -2.27. The van der Waals surface area contributed by atoms with Gasteiger partial charge in [0.1, 0.15) is 12.1 Å². The Morgan fingerprint density at radius 1 is 1.12 bits per heavy atom. The van der Waals surface area contributed by atoms with Crippen LogP contribution in [0, 0.1) is 0 Å². The summed E-state index contributed by atoms with van der Waals surface area (Å²) >= 11 is 0. The van der Waals surface area contributed by atoms with Gasteiger partial charge < -0.3 is 10.3 Å². The van der Waals surface area contributed by atoms with E-state index in [9.17, 15) is 13.2 Å². The van der Waals surface area contributed by atoms with E-state index in [0.29, 0.717) is 30.0 Å². The van der Waals surface area contributed by atoms with Crippen LogP contribution >= 0.6 is 0 Å². The van der Waals surface area contributed by atoms with Crippen molar-refractivity contribution in [2.75, 3.05) is 24.7 Å². The summed E-state index contributed by atoms with van der Waals surface area (Å²) in [5.74, 6) is 0.599. The highest BCUT2D eigenvalue weighted by Gasteiger charge is 2.29. The maximum Gasteiger partial charge on any atom is 0.259 e. The number of aromatic amines is 1. The average molecular weight is 463 g/mol. The Balaban J connectivity index is 1.46. The highest BCUT2D eigenvalue weighted by molar-refractivity contribution is 7.88. The monoisotopic (exact) mass is 462 g/mol. The van der Waals surface area contributed by atoms with E-state index in [1.54, 1.807) is 18.6 Å². The van der Waals surface area contributed by atoms with Gasteiger partial charge in [0, 0.05) is 42.9 Å². The maximum atomic E-state index is 12.6. The fraction of sp³-hybridized carbons (Fsp3) is 0.217. The highest BCUT2D eigenvalue weighted by Crippen LogP contribution is 2.31. The Morgan fingerprint density at radius 2 is 1.88 bits per heavy atom. The van der Waals surface area contributed by atoms with Gasteiger partial charge in [-0.15, -0.1) is 0 Å². The van der Waals surface area contributed by atoms with Gasteiger partial charge in [0.15, 0.2) is 0 Å². The molecular weight excluding hydrogens is 440 g/mol. The number of hydrogen-bond donors (Lipinski definition) is 2. The third-order valence-electron chi connectivity index (χ3n) is 5.88. The zero-order valence-electron chi connectivity index (χ0n) is 17.9. The Labute approximate surface area is 190 Å². The summed E-state index contributed by atoms with van der Waals surface area (Å²) in [4.78, 5) is 28.1. The second-order valence-corrected chi connectivity index (χ2v) is 10.1. The van der Waals surface area contributed by atoms with Gasteiger partial charge in [0.25, 0.3) is 5.56 Å². The first-order valence-corrected chi connectivity index (χ1v) is 12.3. The number of H-pyrrole nitrogens is 1. The second kappa shape index (κ2) is 8.38. The number of rotatable bonds is 5. The molecule has 1 aliphatic heterocycles. The molecule has 0 amide bonds. The van der Waals surface area contributed by atoms with Crippen LogP contribution in [0.2, 0.25) is 0 Å². The minimum atomic E-state index is -3.17. The molecule has 1 atom stereocenters. The van der Waals surface area contributed by atoms with Crippen molar-refractivity contribution in [1.29, 1.82) is 0 Å². The summed E-state index contributed by atoms with van der Waals surface area (Å²) in [7, 11) is -3.17. The van der Waals surface area contributed by atoms with Crippen molar-refractivity contribution in [2.45, 2.75) is 12.3 Å². The largest absolute Gasteiger partial charge is 0.340 e. The van der Waals surface area contributed by atoms with E-state index in [1.165, 1.54) is 16.9 Å². The van der Waals surface area contributed by atoms with E-state index < -0.39 is 10.0 Å². The summed E-state index contributed by atoms with van der Waals surface area (Å²) in [5, 5.41) is 4.48. The van der Waals surface area contributed by atoms with E-state index in [1.807, 2.05) is 36.4 Å². The van der Waals surface area contributed by atoms with Crippen molar-refractivity contribution in [2.24, 2.45) is 0 Å². The Kier molecular flexibility index (Phi) is 5.39. The molecule has 9 nitrogen and oxygen atoms in total. The van der Waals surface area contributed by atoms with Crippen molar-refractivity contribution >= 4 is 32.3 Å². The van der Waals surface area contributed by atoms with E-state index in [0.717, 1.165) is 28.6 Å². The number of nitrogens with zero attached hydrogens (tertiary/aromatic N) is 4. The lowest BCUT2D eigenvalue weighted by Gasteiger charge is -2.15. The summed E-state index contributed by atoms with van der Waals surface area (Å²) in [6.07, 6.45) is 8.45. The van der Waals surface area contributed by atoms with Crippen molar-refractivity contribution in [3.8, 4) is 11.3 Å². The van der Waals surface area contributed by atoms with Crippen LogP contribution < -0.4 is 10.9 Å². The quantitative estimate of drug-likeness (QED) is 0.468. The Bertz CT molecular complexity index is 1470. The molecule has 0 spiro atoms. The molecule has 0 bridgehead atoms. The van der Waals surface area contributed by atoms with E-state index in [-0.39, 0.29) is 11.5 Å². The molecule has 0 saturated carbocycles. The third kappa shape index (κ3) is 4.35.